The van der Waals surface area contributed by atoms with Crippen LogP contribution in [0.25, 0.3) is 21.7 Å². The molecule has 1 aliphatic rings. The quantitative estimate of drug-likeness (QED) is 0.698. The first-order valence-electron chi connectivity index (χ1n) is 9.56. The molecule has 0 aliphatic heterocycles. The molecule has 5 nitrogen and oxygen atoms in total. The monoisotopic (exact) mass is 361 g/mol. The third-order valence-corrected chi connectivity index (χ3v) is 5.24. The van der Waals surface area contributed by atoms with Gasteiger partial charge >= 0.3 is 0 Å². The van der Waals surface area contributed by atoms with Gasteiger partial charge in [0.1, 0.15) is 0 Å². The van der Waals surface area contributed by atoms with E-state index in [1.54, 1.807) is 6.20 Å². The minimum absolute atomic E-state index is 0.0174. The molecule has 0 spiro atoms. The summed E-state index contributed by atoms with van der Waals surface area (Å²) in [5.74, 6) is -0.406. The van der Waals surface area contributed by atoms with Crippen molar-refractivity contribution in [2.45, 2.75) is 38.1 Å². The number of pyridine rings is 1. The molecule has 1 saturated carbocycles. The lowest BCUT2D eigenvalue weighted by atomic mass is 9.95. The first kappa shape index (κ1) is 17.5. The van der Waals surface area contributed by atoms with E-state index in [-0.39, 0.29) is 24.4 Å². The van der Waals surface area contributed by atoms with Crippen molar-refractivity contribution in [2.75, 3.05) is 6.54 Å². The van der Waals surface area contributed by atoms with Crippen LogP contribution >= 0.6 is 0 Å². The van der Waals surface area contributed by atoms with Crippen molar-refractivity contribution < 1.29 is 9.59 Å². The van der Waals surface area contributed by atoms with Gasteiger partial charge in [-0.2, -0.15) is 0 Å². The fraction of sp³-hybridized carbons (Fsp3) is 0.318. The normalized spacial score (nSPS) is 15.0. The summed E-state index contributed by atoms with van der Waals surface area (Å²) >= 11 is 0. The van der Waals surface area contributed by atoms with E-state index < -0.39 is 0 Å². The SMILES string of the molecule is O=C(CNC(=O)c1cc2ccccc2c2cccnc12)NC1CCCCC1. The molecule has 3 aromatic rings. The van der Waals surface area contributed by atoms with E-state index in [1.807, 2.05) is 42.5 Å². The number of nitrogens with zero attached hydrogens (tertiary/aromatic N) is 1. The smallest absolute Gasteiger partial charge is 0.253 e. The Hall–Kier alpha value is -2.95. The second-order valence-electron chi connectivity index (χ2n) is 7.13. The highest BCUT2D eigenvalue weighted by atomic mass is 16.2. The van der Waals surface area contributed by atoms with Gasteiger partial charge in [-0.3, -0.25) is 14.6 Å². The van der Waals surface area contributed by atoms with E-state index in [0.29, 0.717) is 11.1 Å². The number of carbonyl (C=O) groups excluding carboxylic acids is 2. The van der Waals surface area contributed by atoms with Gasteiger partial charge < -0.3 is 10.6 Å². The zero-order valence-electron chi connectivity index (χ0n) is 15.2. The van der Waals surface area contributed by atoms with Crippen molar-refractivity contribution in [3.8, 4) is 0 Å². The molecule has 0 unspecified atom stereocenters. The maximum Gasteiger partial charge on any atom is 0.253 e. The molecule has 138 valence electrons. The van der Waals surface area contributed by atoms with E-state index in [4.69, 9.17) is 0 Å². The van der Waals surface area contributed by atoms with Crippen LogP contribution in [0.15, 0.2) is 48.7 Å². The summed E-state index contributed by atoms with van der Waals surface area (Å²) in [6, 6.07) is 13.9. The molecule has 27 heavy (non-hydrogen) atoms. The van der Waals surface area contributed by atoms with E-state index >= 15 is 0 Å². The highest BCUT2D eigenvalue weighted by Gasteiger charge is 2.18. The van der Waals surface area contributed by atoms with E-state index in [2.05, 4.69) is 15.6 Å². The van der Waals surface area contributed by atoms with Gasteiger partial charge in [-0.25, -0.2) is 0 Å². The van der Waals surface area contributed by atoms with Crippen molar-refractivity contribution in [2.24, 2.45) is 0 Å². The summed E-state index contributed by atoms with van der Waals surface area (Å²) in [6.07, 6.45) is 7.30. The molecule has 2 N–H and O–H groups in total. The molecule has 1 aromatic heterocycles. The average Bonchev–Trinajstić information content (AvgIpc) is 2.72. The number of amides is 2. The summed E-state index contributed by atoms with van der Waals surface area (Å²) in [7, 11) is 0. The summed E-state index contributed by atoms with van der Waals surface area (Å²) in [6.45, 7) is -0.0174. The molecule has 1 heterocycles. The van der Waals surface area contributed by atoms with Gasteiger partial charge in [-0.15, -0.1) is 0 Å². The minimum Gasteiger partial charge on any atom is -0.352 e. The van der Waals surface area contributed by atoms with Crippen molar-refractivity contribution in [1.29, 1.82) is 0 Å². The van der Waals surface area contributed by atoms with Crippen LogP contribution in [0, 0.1) is 0 Å². The van der Waals surface area contributed by atoms with Crippen LogP contribution in [0.3, 0.4) is 0 Å². The topological polar surface area (TPSA) is 71.1 Å². The molecule has 1 fully saturated rings. The fourth-order valence-corrected chi connectivity index (χ4v) is 3.88. The summed E-state index contributed by atoms with van der Waals surface area (Å²) in [4.78, 5) is 29.4. The number of benzene rings is 2. The largest absolute Gasteiger partial charge is 0.352 e. The number of hydrogen-bond donors (Lipinski definition) is 2. The number of aromatic nitrogens is 1. The second kappa shape index (κ2) is 7.74. The molecular formula is C22H23N3O2. The number of fused-ring (bicyclic) bond motifs is 3. The van der Waals surface area contributed by atoms with E-state index in [1.165, 1.54) is 6.42 Å². The predicted octanol–water partition coefficient (Wildman–Crippen LogP) is 3.57. The Bertz CT molecular complexity index is 993. The standard InChI is InChI=1S/C22H23N3O2/c26-20(25-16-8-2-1-3-9-16)14-24-22(27)19-13-15-7-4-5-10-17(15)18-11-6-12-23-21(18)19/h4-7,10-13,16H,1-3,8-9,14H2,(H,24,27)(H,25,26). The van der Waals surface area contributed by atoms with Crippen LogP contribution in [0.1, 0.15) is 42.5 Å². The predicted molar refractivity (Wildman–Crippen MR) is 107 cm³/mol. The van der Waals surface area contributed by atoms with Crippen LogP contribution < -0.4 is 10.6 Å². The molecule has 1 aliphatic carbocycles. The summed E-state index contributed by atoms with van der Waals surface area (Å²) in [5, 5.41) is 8.76. The first-order chi connectivity index (χ1) is 13.2. The Morgan fingerprint density at radius 1 is 1.00 bits per heavy atom. The Labute approximate surface area is 158 Å². The van der Waals surface area contributed by atoms with Crippen LogP contribution in [0.5, 0.6) is 0 Å². The van der Waals surface area contributed by atoms with Crippen LogP contribution in [-0.4, -0.2) is 29.4 Å². The molecular weight excluding hydrogens is 338 g/mol. The highest BCUT2D eigenvalue weighted by Crippen LogP contribution is 2.27. The first-order valence-corrected chi connectivity index (χ1v) is 9.56. The number of hydrogen-bond acceptors (Lipinski definition) is 3. The van der Waals surface area contributed by atoms with E-state index in [0.717, 1.165) is 41.8 Å². The van der Waals surface area contributed by atoms with Crippen molar-refractivity contribution in [3.05, 3.63) is 54.2 Å². The lowest BCUT2D eigenvalue weighted by molar-refractivity contribution is -0.121. The van der Waals surface area contributed by atoms with Crippen LogP contribution in [-0.2, 0) is 4.79 Å². The molecule has 0 bridgehead atoms. The zero-order valence-corrected chi connectivity index (χ0v) is 15.2. The fourth-order valence-electron chi connectivity index (χ4n) is 3.88. The highest BCUT2D eigenvalue weighted by molar-refractivity contribution is 6.16. The molecule has 2 aromatic carbocycles. The second-order valence-corrected chi connectivity index (χ2v) is 7.13. The number of carbonyl (C=O) groups is 2. The maximum absolute atomic E-state index is 12.8. The van der Waals surface area contributed by atoms with Gasteiger partial charge in [0.25, 0.3) is 5.91 Å². The van der Waals surface area contributed by atoms with Gasteiger partial charge in [0, 0.05) is 17.6 Å². The number of nitrogens with one attached hydrogen (secondary N) is 2. The van der Waals surface area contributed by atoms with E-state index in [9.17, 15) is 9.59 Å². The van der Waals surface area contributed by atoms with Crippen molar-refractivity contribution >= 4 is 33.5 Å². The molecule has 5 heteroatoms. The lowest BCUT2D eigenvalue weighted by Gasteiger charge is -2.22. The maximum atomic E-state index is 12.8. The summed E-state index contributed by atoms with van der Waals surface area (Å²) in [5.41, 5.74) is 1.15. The third kappa shape index (κ3) is 3.77. The lowest BCUT2D eigenvalue weighted by Crippen LogP contribution is -2.42. The van der Waals surface area contributed by atoms with Gasteiger partial charge in [0.05, 0.1) is 17.6 Å². The van der Waals surface area contributed by atoms with Gasteiger partial charge in [0.2, 0.25) is 5.91 Å². The van der Waals surface area contributed by atoms with Crippen LogP contribution in [0.4, 0.5) is 0 Å². The zero-order chi connectivity index (χ0) is 18.6. The third-order valence-electron chi connectivity index (χ3n) is 5.24. The van der Waals surface area contributed by atoms with Gasteiger partial charge in [0.15, 0.2) is 0 Å². The minimum atomic E-state index is -0.275. The Morgan fingerprint density at radius 3 is 2.63 bits per heavy atom. The van der Waals surface area contributed by atoms with Crippen molar-refractivity contribution in [3.63, 3.8) is 0 Å². The molecule has 0 radical (unpaired) electrons. The number of rotatable bonds is 4. The van der Waals surface area contributed by atoms with Crippen molar-refractivity contribution in [1.82, 2.24) is 15.6 Å². The Morgan fingerprint density at radius 2 is 1.78 bits per heavy atom. The summed E-state index contributed by atoms with van der Waals surface area (Å²) < 4.78 is 0. The molecule has 0 atom stereocenters. The van der Waals surface area contributed by atoms with Gasteiger partial charge in [-0.1, -0.05) is 49.6 Å². The Balaban J connectivity index is 1.52. The Kier molecular flexibility index (Phi) is 5.01. The average molecular weight is 361 g/mol. The molecule has 2 amide bonds. The molecule has 0 saturated heterocycles. The van der Waals surface area contributed by atoms with Crippen LogP contribution in [0.2, 0.25) is 0 Å². The van der Waals surface area contributed by atoms with Gasteiger partial charge in [-0.05, 0) is 35.7 Å². The molecule has 4 rings (SSSR count).